The van der Waals surface area contributed by atoms with Crippen molar-refractivity contribution in [2.45, 2.75) is 242 Å². The lowest BCUT2D eigenvalue weighted by Crippen LogP contribution is -2.66. The van der Waals surface area contributed by atoms with Crippen LogP contribution in [-0.2, 0) is 42.7 Å². The minimum atomic E-state index is -1.82. The van der Waals surface area contributed by atoms with Gasteiger partial charge in [-0.15, -0.1) is 0 Å². The number of aliphatic hydroxyl groups excluding tert-OH is 12. The van der Waals surface area contributed by atoms with Gasteiger partial charge >= 0.3 is 5.97 Å². The highest BCUT2D eigenvalue weighted by atomic mass is 16.8. The molecule has 4 heterocycles. The third kappa shape index (κ3) is 9.27. The fourth-order valence-electron chi connectivity index (χ4n) is 16.1. The Labute approximate surface area is 433 Å². The van der Waals surface area contributed by atoms with Gasteiger partial charge in [0.25, 0.3) is 0 Å². The summed E-state index contributed by atoms with van der Waals surface area (Å²) in [5.74, 6) is -0.273. The first-order valence-electron chi connectivity index (χ1n) is 27.1. The maximum Gasteiger partial charge on any atom is 0.315 e. The van der Waals surface area contributed by atoms with E-state index in [1.165, 1.54) is 5.57 Å². The van der Waals surface area contributed by atoms with Crippen molar-refractivity contribution < 1.29 is 104 Å². The molecule has 4 aliphatic heterocycles. The molecule has 9 aliphatic rings. The Kier molecular flexibility index (Phi) is 15.8. The molecule has 0 aromatic carbocycles. The zero-order valence-electron chi connectivity index (χ0n) is 44.1. The summed E-state index contributed by atoms with van der Waals surface area (Å²) in [6.45, 7) is 16.3. The van der Waals surface area contributed by atoms with Gasteiger partial charge in [0.15, 0.2) is 18.9 Å². The van der Waals surface area contributed by atoms with Crippen LogP contribution in [0.25, 0.3) is 0 Å². The van der Waals surface area contributed by atoms with Crippen LogP contribution in [0.1, 0.15) is 120 Å². The molecular formula is C53H86O21. The highest BCUT2D eigenvalue weighted by molar-refractivity contribution is 5.79. The minimum Gasteiger partial charge on any atom is -0.432 e. The molecule has 12 N–H and O–H groups in total. The molecule has 424 valence electrons. The first kappa shape index (κ1) is 57.1. The molecular weight excluding hydrogens is 973 g/mol. The molecule has 0 aromatic heterocycles. The van der Waals surface area contributed by atoms with E-state index in [-0.39, 0.29) is 57.5 Å². The van der Waals surface area contributed by atoms with Gasteiger partial charge in [-0.25, -0.2) is 0 Å². The van der Waals surface area contributed by atoms with Crippen LogP contribution in [0.5, 0.6) is 0 Å². The summed E-state index contributed by atoms with van der Waals surface area (Å²) < 4.78 is 47.3. The SMILES string of the molecule is CC1OC(OC2CC[C@@]3(C)C(CC[C@]4(C)C3CC=C3C5CC(C)(C)CCC5(C(=O)OC5OC(COC6OC(CO)C(O)C(O)C6O)C(O)C(O)C5O)CCC34C)C2(C)C)C(O)C(O)C1OC1OCC(O)C(O)C1O. The Bertz CT molecular complexity index is 2040. The van der Waals surface area contributed by atoms with Crippen LogP contribution in [0.2, 0.25) is 0 Å². The zero-order valence-corrected chi connectivity index (χ0v) is 44.1. The van der Waals surface area contributed by atoms with Crippen molar-refractivity contribution >= 4 is 5.97 Å². The second kappa shape index (κ2) is 20.5. The van der Waals surface area contributed by atoms with Crippen LogP contribution in [-0.4, -0.2) is 210 Å². The molecule has 21 heteroatoms. The van der Waals surface area contributed by atoms with Gasteiger partial charge < -0.3 is 99.2 Å². The Morgan fingerprint density at radius 3 is 1.95 bits per heavy atom. The van der Waals surface area contributed by atoms with Gasteiger partial charge in [-0.1, -0.05) is 60.1 Å². The van der Waals surface area contributed by atoms with Crippen molar-refractivity contribution in [3.63, 3.8) is 0 Å². The largest absolute Gasteiger partial charge is 0.432 e. The molecule has 4 saturated carbocycles. The van der Waals surface area contributed by atoms with E-state index in [1.807, 2.05) is 0 Å². The lowest BCUT2D eigenvalue weighted by atomic mass is 9.33. The second-order valence-corrected chi connectivity index (χ2v) is 25.8. The van der Waals surface area contributed by atoms with Gasteiger partial charge in [-0.3, -0.25) is 4.79 Å². The van der Waals surface area contributed by atoms with Crippen LogP contribution in [0.3, 0.4) is 0 Å². The van der Waals surface area contributed by atoms with Crippen molar-refractivity contribution in [1.82, 2.24) is 0 Å². The summed E-state index contributed by atoms with van der Waals surface area (Å²) in [5, 5.41) is 127. The highest BCUT2D eigenvalue weighted by Crippen LogP contribution is 2.76. The molecule has 0 amide bonds. The van der Waals surface area contributed by atoms with Crippen LogP contribution in [0.15, 0.2) is 11.6 Å². The van der Waals surface area contributed by atoms with Crippen molar-refractivity contribution in [2.24, 2.45) is 50.2 Å². The number of carbonyl (C=O) groups excluding carboxylic acids is 1. The van der Waals surface area contributed by atoms with E-state index in [2.05, 4.69) is 54.5 Å². The summed E-state index contributed by atoms with van der Waals surface area (Å²) >= 11 is 0. The number of esters is 1. The predicted molar refractivity (Wildman–Crippen MR) is 255 cm³/mol. The van der Waals surface area contributed by atoms with E-state index in [0.717, 1.165) is 38.5 Å². The topological polar surface area (TPSA) is 334 Å². The first-order valence-corrected chi connectivity index (χ1v) is 27.1. The quantitative estimate of drug-likeness (QED) is 0.0755. The number of ether oxygens (including phenoxy) is 8. The van der Waals surface area contributed by atoms with E-state index in [1.54, 1.807) is 6.92 Å². The fraction of sp³-hybridized carbons (Fsp3) is 0.943. The van der Waals surface area contributed by atoms with E-state index in [4.69, 9.17) is 37.9 Å². The lowest BCUT2D eigenvalue weighted by molar-refractivity contribution is -0.356. The molecule has 5 aliphatic carbocycles. The summed E-state index contributed by atoms with van der Waals surface area (Å²) in [6.07, 6.45) is -18.7. The fourth-order valence-corrected chi connectivity index (χ4v) is 16.1. The molecule has 8 fully saturated rings. The smallest absolute Gasteiger partial charge is 0.315 e. The van der Waals surface area contributed by atoms with Crippen LogP contribution < -0.4 is 0 Å². The molecule has 0 aromatic rings. The predicted octanol–water partition coefficient (Wildman–Crippen LogP) is -0.369. The number of carbonyl (C=O) groups is 1. The van der Waals surface area contributed by atoms with Gasteiger partial charge in [0.05, 0.1) is 37.4 Å². The Morgan fingerprint density at radius 2 is 1.26 bits per heavy atom. The van der Waals surface area contributed by atoms with Gasteiger partial charge in [0, 0.05) is 0 Å². The number of hydrogen-bond acceptors (Lipinski definition) is 21. The Balaban J connectivity index is 0.897. The van der Waals surface area contributed by atoms with Crippen LogP contribution >= 0.6 is 0 Å². The van der Waals surface area contributed by atoms with Crippen molar-refractivity contribution in [3.05, 3.63) is 11.6 Å². The Hall–Kier alpha value is -1.55. The van der Waals surface area contributed by atoms with Crippen molar-refractivity contribution in [2.75, 3.05) is 19.8 Å². The van der Waals surface area contributed by atoms with Crippen molar-refractivity contribution in [3.8, 4) is 0 Å². The summed E-state index contributed by atoms with van der Waals surface area (Å²) in [5.41, 5.74) is -0.798. The van der Waals surface area contributed by atoms with Gasteiger partial charge in [-0.05, 0) is 116 Å². The third-order valence-electron chi connectivity index (χ3n) is 21.0. The highest BCUT2D eigenvalue weighted by Gasteiger charge is 2.70. The number of hydrogen-bond donors (Lipinski definition) is 12. The van der Waals surface area contributed by atoms with Crippen LogP contribution in [0, 0.1) is 50.2 Å². The Morgan fingerprint density at radius 1 is 0.635 bits per heavy atom. The second-order valence-electron chi connectivity index (χ2n) is 25.8. The summed E-state index contributed by atoms with van der Waals surface area (Å²) in [7, 11) is 0. The van der Waals surface area contributed by atoms with Gasteiger partial charge in [0.1, 0.15) is 85.5 Å². The molecule has 0 bridgehead atoms. The minimum absolute atomic E-state index is 0.108. The van der Waals surface area contributed by atoms with Gasteiger partial charge in [-0.2, -0.15) is 0 Å². The third-order valence-corrected chi connectivity index (χ3v) is 21.0. The summed E-state index contributed by atoms with van der Waals surface area (Å²) in [4.78, 5) is 15.0. The molecule has 0 radical (unpaired) electrons. The molecule has 21 nitrogen and oxygen atoms in total. The lowest BCUT2D eigenvalue weighted by Gasteiger charge is -2.71. The average molecular weight is 1060 g/mol. The number of fused-ring (bicyclic) bond motifs is 7. The standard InChI is InChI=1S/C53H86O21/c1-23-42(73-44-38(62)32(56)26(55)21-67-44)37(61)41(65)45(69-23)72-31-12-13-50(6)29(49(31,4)5)11-14-52(8)30(50)10-9-24-25-19-48(2,3)15-17-53(25,18-16-51(24,52)7)47(66)74-46-40(64)36(60)34(58)28(71-46)22-68-43-39(63)35(59)33(57)27(20-54)70-43/h9,23,25-46,54-65H,10-22H2,1-8H3/t23?,25?,26?,27?,28?,29?,30?,31?,32?,33?,34?,35?,36?,37?,38?,39?,40?,41?,42?,43?,44?,45?,46?,50-,51?,52+,53?/m0/s1. The number of aliphatic hydroxyl groups is 12. The molecule has 0 spiro atoms. The maximum absolute atomic E-state index is 15.0. The van der Waals surface area contributed by atoms with E-state index in [9.17, 15) is 61.3 Å². The number of rotatable bonds is 10. The molecule has 27 atom stereocenters. The van der Waals surface area contributed by atoms with Crippen LogP contribution in [0.4, 0.5) is 0 Å². The van der Waals surface area contributed by atoms with Crippen molar-refractivity contribution in [1.29, 1.82) is 0 Å². The van der Waals surface area contributed by atoms with E-state index in [0.29, 0.717) is 25.7 Å². The zero-order chi connectivity index (χ0) is 54.0. The van der Waals surface area contributed by atoms with E-state index < -0.39 is 141 Å². The van der Waals surface area contributed by atoms with E-state index >= 15 is 4.79 Å². The molecule has 4 saturated heterocycles. The van der Waals surface area contributed by atoms with Gasteiger partial charge in [0.2, 0.25) is 6.29 Å². The first-order chi connectivity index (χ1) is 34.6. The maximum atomic E-state index is 15.0. The molecule has 25 unspecified atom stereocenters. The monoisotopic (exact) mass is 1060 g/mol. The number of allylic oxidation sites excluding steroid dienone is 2. The molecule has 9 rings (SSSR count). The normalized spacial score (nSPS) is 54.1. The molecule has 74 heavy (non-hydrogen) atoms. The average Bonchev–Trinajstić information content (AvgIpc) is 3.34. The summed E-state index contributed by atoms with van der Waals surface area (Å²) in [6, 6.07) is 0.